The normalized spacial score (nSPS) is 37.2. The molecule has 0 amide bonds. The van der Waals surface area contributed by atoms with Crippen molar-refractivity contribution >= 4 is 5.97 Å². The average Bonchev–Trinajstić information content (AvgIpc) is 3.19. The summed E-state index contributed by atoms with van der Waals surface area (Å²) >= 11 is 0. The lowest BCUT2D eigenvalue weighted by Crippen LogP contribution is -2.22. The number of hydrogen-bond donors (Lipinski definition) is 0. The summed E-state index contributed by atoms with van der Waals surface area (Å²) in [5.41, 5.74) is 1.47. The molecule has 2 aliphatic rings. The first-order valence-corrected chi connectivity index (χ1v) is 6.50. The summed E-state index contributed by atoms with van der Waals surface area (Å²) in [6, 6.07) is 10.5. The van der Waals surface area contributed by atoms with Gasteiger partial charge >= 0.3 is 5.97 Å². The standard InChI is InChI=1S/C15H18O2/c1-3-11-12-13(14(16)17-4-2)15(11,12)10-8-6-5-7-9-10/h5-9,11-13H,3-4H2,1-2H3/t11-,12?,13+,15?/m1/s1. The zero-order valence-electron chi connectivity index (χ0n) is 10.3. The molecule has 0 aliphatic heterocycles. The maximum absolute atomic E-state index is 11.9. The molecule has 0 heterocycles. The predicted molar refractivity (Wildman–Crippen MR) is 65.5 cm³/mol. The first kappa shape index (κ1) is 10.8. The fourth-order valence-corrected chi connectivity index (χ4v) is 3.77. The number of carbonyl (C=O) groups is 1. The Hall–Kier alpha value is -1.31. The van der Waals surface area contributed by atoms with Gasteiger partial charge in [0, 0.05) is 5.41 Å². The van der Waals surface area contributed by atoms with Crippen molar-refractivity contribution in [2.24, 2.45) is 17.8 Å². The van der Waals surface area contributed by atoms with Crippen LogP contribution in [0.25, 0.3) is 0 Å². The molecular weight excluding hydrogens is 212 g/mol. The van der Waals surface area contributed by atoms with Gasteiger partial charge in [0.1, 0.15) is 0 Å². The third-order valence-electron chi connectivity index (χ3n) is 4.51. The second kappa shape index (κ2) is 3.59. The molecule has 1 aromatic rings. The summed E-state index contributed by atoms with van der Waals surface area (Å²) in [7, 11) is 0. The molecule has 0 aromatic heterocycles. The van der Waals surface area contributed by atoms with Gasteiger partial charge in [-0.25, -0.2) is 0 Å². The highest BCUT2D eigenvalue weighted by Crippen LogP contribution is 2.84. The van der Waals surface area contributed by atoms with E-state index in [-0.39, 0.29) is 17.3 Å². The molecule has 2 unspecified atom stereocenters. The van der Waals surface area contributed by atoms with Crippen molar-refractivity contribution in [1.29, 1.82) is 0 Å². The van der Waals surface area contributed by atoms with E-state index in [1.807, 2.05) is 13.0 Å². The van der Waals surface area contributed by atoms with Crippen LogP contribution in [0.4, 0.5) is 0 Å². The molecule has 0 bridgehead atoms. The maximum atomic E-state index is 11.9. The van der Waals surface area contributed by atoms with Crippen LogP contribution in [0.3, 0.4) is 0 Å². The van der Waals surface area contributed by atoms with Crippen LogP contribution >= 0.6 is 0 Å². The van der Waals surface area contributed by atoms with Gasteiger partial charge < -0.3 is 4.74 Å². The van der Waals surface area contributed by atoms with Crippen molar-refractivity contribution < 1.29 is 9.53 Å². The third-order valence-corrected chi connectivity index (χ3v) is 4.51. The van der Waals surface area contributed by atoms with E-state index in [1.54, 1.807) is 0 Å². The monoisotopic (exact) mass is 230 g/mol. The quantitative estimate of drug-likeness (QED) is 0.743. The van der Waals surface area contributed by atoms with Crippen molar-refractivity contribution in [3.63, 3.8) is 0 Å². The minimum atomic E-state index is 0.00560. The van der Waals surface area contributed by atoms with E-state index in [1.165, 1.54) is 5.56 Å². The number of esters is 1. The molecule has 0 saturated heterocycles. The number of fused-ring (bicyclic) bond motifs is 1. The Morgan fingerprint density at radius 2 is 2.00 bits per heavy atom. The second-order valence-electron chi connectivity index (χ2n) is 5.07. The number of carbonyl (C=O) groups excluding carboxylic acids is 1. The highest BCUT2D eigenvalue weighted by molar-refractivity contribution is 5.84. The third kappa shape index (κ3) is 1.24. The first-order valence-electron chi connectivity index (χ1n) is 6.50. The van der Waals surface area contributed by atoms with Gasteiger partial charge in [0.15, 0.2) is 0 Å². The molecule has 2 aliphatic carbocycles. The van der Waals surface area contributed by atoms with Crippen LogP contribution in [0.5, 0.6) is 0 Å². The molecule has 90 valence electrons. The molecule has 4 atom stereocenters. The summed E-state index contributed by atoms with van der Waals surface area (Å²) in [6.45, 7) is 4.58. The van der Waals surface area contributed by atoms with E-state index >= 15 is 0 Å². The predicted octanol–water partition coefficient (Wildman–Crippen LogP) is 2.77. The molecule has 0 N–H and O–H groups in total. The lowest BCUT2D eigenvalue weighted by atomic mass is 9.88. The Labute approximate surface area is 102 Å². The van der Waals surface area contributed by atoms with Gasteiger partial charge in [-0.15, -0.1) is 0 Å². The smallest absolute Gasteiger partial charge is 0.310 e. The van der Waals surface area contributed by atoms with E-state index in [9.17, 15) is 4.79 Å². The molecule has 3 rings (SSSR count). The molecule has 0 spiro atoms. The van der Waals surface area contributed by atoms with Crippen molar-refractivity contribution in [2.45, 2.75) is 25.7 Å². The van der Waals surface area contributed by atoms with Gasteiger partial charge in [-0.05, 0) is 24.3 Å². The van der Waals surface area contributed by atoms with Crippen molar-refractivity contribution in [2.75, 3.05) is 6.61 Å². The van der Waals surface area contributed by atoms with Gasteiger partial charge in [0.05, 0.1) is 12.5 Å². The van der Waals surface area contributed by atoms with Crippen molar-refractivity contribution in [3.8, 4) is 0 Å². The second-order valence-corrected chi connectivity index (χ2v) is 5.07. The largest absolute Gasteiger partial charge is 0.466 e. The van der Waals surface area contributed by atoms with Gasteiger partial charge in [0.25, 0.3) is 0 Å². The fraction of sp³-hybridized carbons (Fsp3) is 0.533. The maximum Gasteiger partial charge on any atom is 0.310 e. The number of rotatable bonds is 4. The minimum absolute atomic E-state index is 0.00560. The summed E-state index contributed by atoms with van der Waals surface area (Å²) in [5, 5.41) is 0. The van der Waals surface area contributed by atoms with E-state index in [4.69, 9.17) is 4.74 Å². The van der Waals surface area contributed by atoms with Crippen LogP contribution in [0.15, 0.2) is 30.3 Å². The van der Waals surface area contributed by atoms with Gasteiger partial charge in [-0.2, -0.15) is 0 Å². The number of hydrogen-bond acceptors (Lipinski definition) is 2. The highest BCUT2D eigenvalue weighted by atomic mass is 16.5. The Morgan fingerprint density at radius 1 is 1.29 bits per heavy atom. The molecule has 2 fully saturated rings. The summed E-state index contributed by atoms with van der Waals surface area (Å²) in [6.07, 6.45) is 1.16. The average molecular weight is 230 g/mol. The van der Waals surface area contributed by atoms with E-state index in [0.29, 0.717) is 18.4 Å². The summed E-state index contributed by atoms with van der Waals surface area (Å²) < 4.78 is 5.17. The topological polar surface area (TPSA) is 26.3 Å². The molecule has 0 radical (unpaired) electrons. The SMILES string of the molecule is CCOC(=O)[C@@H]1C2[C@@H](CC)C21c1ccccc1. The van der Waals surface area contributed by atoms with E-state index in [2.05, 4.69) is 31.2 Å². The van der Waals surface area contributed by atoms with Crippen LogP contribution in [0.2, 0.25) is 0 Å². The lowest BCUT2D eigenvalue weighted by Gasteiger charge is -2.17. The Morgan fingerprint density at radius 3 is 2.59 bits per heavy atom. The molecule has 2 saturated carbocycles. The van der Waals surface area contributed by atoms with E-state index in [0.717, 1.165) is 6.42 Å². The zero-order valence-corrected chi connectivity index (χ0v) is 10.3. The first-order chi connectivity index (χ1) is 8.28. The van der Waals surface area contributed by atoms with Crippen LogP contribution in [-0.2, 0) is 14.9 Å². The molecule has 17 heavy (non-hydrogen) atoms. The number of ether oxygens (including phenoxy) is 1. The molecule has 2 nitrogen and oxygen atoms in total. The van der Waals surface area contributed by atoms with Crippen LogP contribution in [0, 0.1) is 17.8 Å². The Kier molecular flexibility index (Phi) is 2.29. The van der Waals surface area contributed by atoms with E-state index < -0.39 is 0 Å². The van der Waals surface area contributed by atoms with Crippen molar-refractivity contribution in [3.05, 3.63) is 35.9 Å². The van der Waals surface area contributed by atoms with Crippen LogP contribution in [0.1, 0.15) is 25.8 Å². The molecular formula is C15H18O2. The van der Waals surface area contributed by atoms with Crippen LogP contribution < -0.4 is 0 Å². The Balaban J connectivity index is 1.84. The minimum Gasteiger partial charge on any atom is -0.466 e. The lowest BCUT2D eigenvalue weighted by molar-refractivity contribution is -0.146. The van der Waals surface area contributed by atoms with Gasteiger partial charge in [0.2, 0.25) is 0 Å². The Bertz CT molecular complexity index is 439. The summed E-state index contributed by atoms with van der Waals surface area (Å²) in [4.78, 5) is 11.9. The highest BCUT2D eigenvalue weighted by Gasteiger charge is 2.88. The van der Waals surface area contributed by atoms with Crippen molar-refractivity contribution in [1.82, 2.24) is 0 Å². The fourth-order valence-electron chi connectivity index (χ4n) is 3.77. The number of benzene rings is 1. The van der Waals surface area contributed by atoms with Gasteiger partial charge in [-0.3, -0.25) is 4.79 Å². The zero-order chi connectivity index (χ0) is 12.0. The summed E-state index contributed by atoms with van der Waals surface area (Å²) in [5.74, 6) is 1.38. The van der Waals surface area contributed by atoms with Gasteiger partial charge in [-0.1, -0.05) is 43.7 Å². The molecule has 1 aromatic carbocycles. The van der Waals surface area contributed by atoms with Crippen LogP contribution in [-0.4, -0.2) is 12.6 Å². The molecule has 2 heteroatoms.